The van der Waals surface area contributed by atoms with Crippen molar-refractivity contribution >= 4 is 5.91 Å². The van der Waals surface area contributed by atoms with Gasteiger partial charge in [0.1, 0.15) is 0 Å². The van der Waals surface area contributed by atoms with Crippen LogP contribution >= 0.6 is 0 Å². The molecule has 1 aliphatic carbocycles. The van der Waals surface area contributed by atoms with E-state index in [4.69, 9.17) is 0 Å². The fraction of sp³-hybridized carbons (Fsp3) is 0.409. The van der Waals surface area contributed by atoms with E-state index in [0.717, 1.165) is 30.6 Å². The minimum atomic E-state index is -0.561. The Kier molecular flexibility index (Phi) is 5.05. The molecule has 0 aromatic heterocycles. The largest absolute Gasteiger partial charge is 0.390 e. The van der Waals surface area contributed by atoms with Gasteiger partial charge in [-0.05, 0) is 67.1 Å². The summed E-state index contributed by atoms with van der Waals surface area (Å²) in [5, 5.41) is 16.8. The zero-order valence-corrected chi connectivity index (χ0v) is 14.9. The summed E-state index contributed by atoms with van der Waals surface area (Å²) < 4.78 is 0. The molecular weight excluding hydrogens is 324 g/mol. The Morgan fingerprint density at radius 3 is 2.77 bits per heavy atom. The van der Waals surface area contributed by atoms with Crippen molar-refractivity contribution in [1.82, 2.24) is 10.6 Å². The van der Waals surface area contributed by atoms with Crippen LogP contribution in [0.25, 0.3) is 0 Å². The van der Waals surface area contributed by atoms with Crippen LogP contribution < -0.4 is 10.6 Å². The predicted molar refractivity (Wildman–Crippen MR) is 102 cm³/mol. The number of rotatable bonds is 4. The average molecular weight is 350 g/mol. The Balaban J connectivity index is 1.46. The molecule has 0 spiro atoms. The van der Waals surface area contributed by atoms with Crippen molar-refractivity contribution in [3.63, 3.8) is 0 Å². The molecule has 0 unspecified atom stereocenters. The van der Waals surface area contributed by atoms with Gasteiger partial charge in [-0.15, -0.1) is 0 Å². The van der Waals surface area contributed by atoms with Gasteiger partial charge in [-0.2, -0.15) is 0 Å². The minimum Gasteiger partial charge on any atom is -0.390 e. The second-order valence-electron chi connectivity index (χ2n) is 7.52. The summed E-state index contributed by atoms with van der Waals surface area (Å²) in [6.45, 7) is 2.17. The molecule has 1 amide bonds. The second kappa shape index (κ2) is 7.60. The van der Waals surface area contributed by atoms with Crippen LogP contribution in [0.4, 0.5) is 0 Å². The number of carbonyl (C=O) groups excluding carboxylic acids is 1. The summed E-state index contributed by atoms with van der Waals surface area (Å²) in [7, 11) is 0. The van der Waals surface area contributed by atoms with Gasteiger partial charge in [-0.1, -0.05) is 36.4 Å². The summed E-state index contributed by atoms with van der Waals surface area (Å²) >= 11 is 0. The van der Waals surface area contributed by atoms with Crippen molar-refractivity contribution in [2.24, 2.45) is 5.92 Å². The number of fused-ring (bicyclic) bond motifs is 1. The molecule has 0 radical (unpaired) electrons. The van der Waals surface area contributed by atoms with E-state index >= 15 is 0 Å². The lowest BCUT2D eigenvalue weighted by Crippen LogP contribution is -2.34. The van der Waals surface area contributed by atoms with Gasteiger partial charge in [0, 0.05) is 12.0 Å². The molecule has 0 bridgehead atoms. The lowest BCUT2D eigenvalue weighted by Gasteiger charge is -2.23. The number of benzene rings is 2. The van der Waals surface area contributed by atoms with Crippen LogP contribution in [-0.4, -0.2) is 30.2 Å². The van der Waals surface area contributed by atoms with E-state index in [2.05, 4.69) is 16.7 Å². The number of nitrogens with one attached hydrogen (secondary N) is 2. The van der Waals surface area contributed by atoms with E-state index in [9.17, 15) is 9.90 Å². The molecule has 3 N–H and O–H groups in total. The maximum Gasteiger partial charge on any atom is 0.251 e. The number of piperidine rings is 1. The summed E-state index contributed by atoms with van der Waals surface area (Å²) in [5.74, 6) is 0.580. The highest BCUT2D eigenvalue weighted by Gasteiger charge is 2.32. The van der Waals surface area contributed by atoms with Crippen molar-refractivity contribution in [2.45, 2.75) is 37.8 Å². The van der Waals surface area contributed by atoms with Crippen molar-refractivity contribution in [1.29, 1.82) is 0 Å². The highest BCUT2D eigenvalue weighted by atomic mass is 16.3. The minimum absolute atomic E-state index is 0.113. The Hall–Kier alpha value is -2.17. The SMILES string of the molecule is O=C(N[C@@H]1c2ccccc2C[C@@H]1O)c1cccc(CC2CCNCC2)c1. The molecule has 1 saturated heterocycles. The molecule has 4 nitrogen and oxygen atoms in total. The number of hydrogen-bond donors (Lipinski definition) is 3. The van der Waals surface area contributed by atoms with Gasteiger partial charge >= 0.3 is 0 Å². The number of amides is 1. The van der Waals surface area contributed by atoms with Crippen LogP contribution in [0.3, 0.4) is 0 Å². The number of hydrogen-bond acceptors (Lipinski definition) is 3. The molecule has 4 rings (SSSR count). The van der Waals surface area contributed by atoms with Crippen LogP contribution in [0.1, 0.15) is 45.9 Å². The van der Waals surface area contributed by atoms with E-state index < -0.39 is 6.10 Å². The summed E-state index contributed by atoms with van der Waals surface area (Å²) in [4.78, 5) is 12.8. The first-order chi connectivity index (χ1) is 12.7. The van der Waals surface area contributed by atoms with Crippen molar-refractivity contribution in [3.8, 4) is 0 Å². The third-order valence-electron chi connectivity index (χ3n) is 5.66. The number of aliphatic hydroxyl groups is 1. The van der Waals surface area contributed by atoms with E-state index in [1.165, 1.54) is 18.4 Å². The van der Waals surface area contributed by atoms with Gasteiger partial charge in [-0.25, -0.2) is 0 Å². The Morgan fingerprint density at radius 1 is 1.12 bits per heavy atom. The maximum atomic E-state index is 12.8. The molecule has 2 aromatic carbocycles. The fourth-order valence-electron chi connectivity index (χ4n) is 4.23. The van der Waals surface area contributed by atoms with Gasteiger partial charge in [0.15, 0.2) is 0 Å². The molecule has 26 heavy (non-hydrogen) atoms. The first kappa shape index (κ1) is 17.3. The zero-order chi connectivity index (χ0) is 17.9. The normalized spacial score (nSPS) is 22.8. The van der Waals surface area contributed by atoms with Gasteiger partial charge in [-0.3, -0.25) is 4.79 Å². The van der Waals surface area contributed by atoms with Gasteiger partial charge in [0.05, 0.1) is 12.1 Å². The molecule has 4 heteroatoms. The quantitative estimate of drug-likeness (QED) is 0.794. The highest BCUT2D eigenvalue weighted by molar-refractivity contribution is 5.94. The van der Waals surface area contributed by atoms with E-state index in [1.54, 1.807) is 0 Å². The van der Waals surface area contributed by atoms with Crippen molar-refractivity contribution < 1.29 is 9.90 Å². The third kappa shape index (κ3) is 3.67. The number of carbonyl (C=O) groups is 1. The van der Waals surface area contributed by atoms with E-state index in [1.807, 2.05) is 42.5 Å². The van der Waals surface area contributed by atoms with Crippen LogP contribution in [-0.2, 0) is 12.8 Å². The molecule has 1 heterocycles. The zero-order valence-electron chi connectivity index (χ0n) is 14.9. The molecule has 0 saturated carbocycles. The molecular formula is C22H26N2O2. The van der Waals surface area contributed by atoms with Gasteiger partial charge < -0.3 is 15.7 Å². The van der Waals surface area contributed by atoms with Gasteiger partial charge in [0.2, 0.25) is 0 Å². The monoisotopic (exact) mass is 350 g/mol. The van der Waals surface area contributed by atoms with Gasteiger partial charge in [0.25, 0.3) is 5.91 Å². The third-order valence-corrected chi connectivity index (χ3v) is 5.66. The summed E-state index contributed by atoms with van der Waals surface area (Å²) in [5.41, 5.74) is 4.04. The molecule has 1 fully saturated rings. The first-order valence-electron chi connectivity index (χ1n) is 9.57. The first-order valence-corrected chi connectivity index (χ1v) is 9.57. The van der Waals surface area contributed by atoms with Crippen LogP contribution in [0.15, 0.2) is 48.5 Å². The lowest BCUT2D eigenvalue weighted by molar-refractivity contribution is 0.0858. The Labute approximate surface area is 154 Å². The predicted octanol–water partition coefficient (Wildman–Crippen LogP) is 2.62. The fourth-order valence-corrected chi connectivity index (χ4v) is 4.23. The molecule has 1 aliphatic heterocycles. The smallest absolute Gasteiger partial charge is 0.251 e. The van der Waals surface area contributed by atoms with E-state index in [0.29, 0.717) is 17.9 Å². The molecule has 2 atom stereocenters. The molecule has 2 aliphatic rings. The van der Waals surface area contributed by atoms with Crippen LogP contribution in [0, 0.1) is 5.92 Å². The highest BCUT2D eigenvalue weighted by Crippen LogP contribution is 2.31. The Bertz CT molecular complexity index is 783. The maximum absolute atomic E-state index is 12.8. The Morgan fingerprint density at radius 2 is 1.92 bits per heavy atom. The summed E-state index contributed by atoms with van der Waals surface area (Å²) in [6.07, 6.45) is 3.45. The molecule has 136 valence electrons. The lowest BCUT2D eigenvalue weighted by atomic mass is 9.90. The van der Waals surface area contributed by atoms with Crippen LogP contribution in [0.2, 0.25) is 0 Å². The van der Waals surface area contributed by atoms with E-state index in [-0.39, 0.29) is 11.9 Å². The van der Waals surface area contributed by atoms with Crippen LogP contribution in [0.5, 0.6) is 0 Å². The van der Waals surface area contributed by atoms with Crippen molar-refractivity contribution in [2.75, 3.05) is 13.1 Å². The standard InChI is InChI=1S/C22H26N2O2/c25-20-14-17-5-1-2-7-19(17)21(20)24-22(26)18-6-3-4-16(13-18)12-15-8-10-23-11-9-15/h1-7,13,15,20-21,23,25H,8-12,14H2,(H,24,26)/t20-,21+/m0/s1. The average Bonchev–Trinajstić information content (AvgIpc) is 2.98. The van der Waals surface area contributed by atoms with Crippen molar-refractivity contribution in [3.05, 3.63) is 70.8 Å². The number of aliphatic hydroxyl groups excluding tert-OH is 1. The topological polar surface area (TPSA) is 61.4 Å². The summed E-state index contributed by atoms with van der Waals surface area (Å²) in [6, 6.07) is 15.5. The second-order valence-corrected chi connectivity index (χ2v) is 7.52. The molecule has 2 aromatic rings.